The Hall–Kier alpha value is -2.33. The number of hydrogen-bond donors (Lipinski definition) is 0. The van der Waals surface area contributed by atoms with Gasteiger partial charge in [-0.15, -0.1) is 0 Å². The van der Waals surface area contributed by atoms with Crippen LogP contribution in [0.3, 0.4) is 0 Å². The average Bonchev–Trinajstić information content (AvgIpc) is 2.99. The van der Waals surface area contributed by atoms with Gasteiger partial charge < -0.3 is 9.80 Å². The lowest BCUT2D eigenvalue weighted by atomic mass is 10.1. The number of carbonyl (C=O) groups is 2. The molecule has 1 aliphatic heterocycles. The molecular weight excluding hydrogens is 324 g/mol. The van der Waals surface area contributed by atoms with Crippen molar-refractivity contribution in [2.45, 2.75) is 13.3 Å². The number of nitrogens with zero attached hydrogens (tertiary/aromatic N) is 2. The van der Waals surface area contributed by atoms with E-state index in [1.807, 2.05) is 49.4 Å². The van der Waals surface area contributed by atoms with Crippen molar-refractivity contribution in [3.63, 3.8) is 0 Å². The van der Waals surface area contributed by atoms with E-state index in [0.29, 0.717) is 18.1 Å². The highest BCUT2D eigenvalue weighted by Gasteiger charge is 2.37. The first kappa shape index (κ1) is 16.5. The Bertz CT molecular complexity index is 731. The van der Waals surface area contributed by atoms with Gasteiger partial charge in [-0.1, -0.05) is 29.8 Å². The molecule has 1 heterocycles. The molecule has 0 radical (unpaired) electrons. The molecule has 2 amide bonds. The molecule has 24 heavy (non-hydrogen) atoms. The number of rotatable bonds is 4. The van der Waals surface area contributed by atoms with Crippen molar-refractivity contribution in [3.8, 4) is 0 Å². The molecule has 2 aromatic rings. The lowest BCUT2D eigenvalue weighted by Crippen LogP contribution is -2.37. The smallest absolute Gasteiger partial charge is 0.232 e. The van der Waals surface area contributed by atoms with Crippen molar-refractivity contribution >= 4 is 34.8 Å². The van der Waals surface area contributed by atoms with Gasteiger partial charge in [-0.2, -0.15) is 0 Å². The molecule has 1 fully saturated rings. The van der Waals surface area contributed by atoms with Crippen LogP contribution in [0.2, 0.25) is 5.02 Å². The van der Waals surface area contributed by atoms with Gasteiger partial charge in [0.1, 0.15) is 0 Å². The lowest BCUT2D eigenvalue weighted by Gasteiger charge is -2.24. The molecule has 124 valence electrons. The molecule has 0 N–H and O–H groups in total. The van der Waals surface area contributed by atoms with Gasteiger partial charge >= 0.3 is 0 Å². The minimum atomic E-state index is -0.326. The second-order valence-corrected chi connectivity index (χ2v) is 6.24. The number of para-hydroxylation sites is 1. The zero-order valence-corrected chi connectivity index (χ0v) is 14.2. The molecule has 1 aliphatic rings. The van der Waals surface area contributed by atoms with Gasteiger partial charge in [-0.25, -0.2) is 0 Å². The van der Waals surface area contributed by atoms with Crippen LogP contribution in [-0.2, 0) is 9.59 Å². The van der Waals surface area contributed by atoms with Gasteiger partial charge in [0.2, 0.25) is 11.8 Å². The Morgan fingerprint density at radius 1 is 1.17 bits per heavy atom. The van der Waals surface area contributed by atoms with Crippen molar-refractivity contribution in [2.75, 3.05) is 22.9 Å². The normalized spacial score (nSPS) is 17.2. The highest BCUT2D eigenvalue weighted by molar-refractivity contribution is 6.30. The minimum absolute atomic E-state index is 0.00601. The second-order valence-electron chi connectivity index (χ2n) is 5.80. The van der Waals surface area contributed by atoms with E-state index >= 15 is 0 Å². The minimum Gasteiger partial charge on any atom is -0.312 e. The SMILES string of the molecule is CCN(C(=O)[C@H]1CC(=O)N(c2ccc(Cl)cc2)C1)c1ccccc1. The molecule has 0 unspecified atom stereocenters. The van der Waals surface area contributed by atoms with Gasteiger partial charge in [0.25, 0.3) is 0 Å². The van der Waals surface area contributed by atoms with Gasteiger partial charge in [-0.3, -0.25) is 9.59 Å². The average molecular weight is 343 g/mol. The van der Waals surface area contributed by atoms with Crippen LogP contribution in [0.1, 0.15) is 13.3 Å². The van der Waals surface area contributed by atoms with Gasteiger partial charge in [0, 0.05) is 35.9 Å². The number of amides is 2. The van der Waals surface area contributed by atoms with E-state index in [4.69, 9.17) is 11.6 Å². The van der Waals surface area contributed by atoms with E-state index in [0.717, 1.165) is 11.4 Å². The molecule has 0 aromatic heterocycles. The Balaban J connectivity index is 1.77. The van der Waals surface area contributed by atoms with Crippen LogP contribution < -0.4 is 9.80 Å². The number of anilines is 2. The largest absolute Gasteiger partial charge is 0.312 e. The summed E-state index contributed by atoms with van der Waals surface area (Å²) in [4.78, 5) is 28.6. The van der Waals surface area contributed by atoms with E-state index in [1.54, 1.807) is 21.9 Å². The van der Waals surface area contributed by atoms with Gasteiger partial charge in [0.05, 0.1) is 5.92 Å². The summed E-state index contributed by atoms with van der Waals surface area (Å²) in [6, 6.07) is 16.7. The van der Waals surface area contributed by atoms with Crippen LogP contribution in [0.5, 0.6) is 0 Å². The van der Waals surface area contributed by atoms with Gasteiger partial charge in [0.15, 0.2) is 0 Å². The summed E-state index contributed by atoms with van der Waals surface area (Å²) in [5, 5.41) is 0.624. The quantitative estimate of drug-likeness (QED) is 0.849. The standard InChI is InChI=1S/C19H19ClN2O2/c1-2-21(16-6-4-3-5-7-16)19(24)14-12-18(23)22(13-14)17-10-8-15(20)9-11-17/h3-11,14H,2,12-13H2,1H3/t14-/m0/s1. The Morgan fingerprint density at radius 2 is 1.83 bits per heavy atom. The summed E-state index contributed by atoms with van der Waals surface area (Å²) in [7, 11) is 0. The Kier molecular flexibility index (Phi) is 4.86. The number of benzene rings is 2. The number of halogens is 1. The molecule has 0 saturated carbocycles. The summed E-state index contributed by atoms with van der Waals surface area (Å²) in [6.07, 6.45) is 0.241. The van der Waals surface area contributed by atoms with Crippen LogP contribution in [-0.4, -0.2) is 24.9 Å². The maximum absolute atomic E-state index is 12.9. The maximum Gasteiger partial charge on any atom is 0.232 e. The van der Waals surface area contributed by atoms with E-state index in [-0.39, 0.29) is 24.2 Å². The third kappa shape index (κ3) is 3.29. The fourth-order valence-corrected chi connectivity index (χ4v) is 3.16. The first-order chi connectivity index (χ1) is 11.6. The zero-order chi connectivity index (χ0) is 17.1. The van der Waals surface area contributed by atoms with Crippen molar-refractivity contribution in [3.05, 3.63) is 59.6 Å². The molecule has 5 heteroatoms. The number of carbonyl (C=O) groups excluding carboxylic acids is 2. The molecule has 1 saturated heterocycles. The second kappa shape index (κ2) is 7.05. The van der Waals surface area contributed by atoms with Crippen molar-refractivity contribution in [1.29, 1.82) is 0 Å². The molecule has 1 atom stereocenters. The van der Waals surface area contributed by atoms with Crippen LogP contribution in [0, 0.1) is 5.92 Å². The molecule has 3 rings (SSSR count). The number of hydrogen-bond acceptors (Lipinski definition) is 2. The topological polar surface area (TPSA) is 40.6 Å². The molecule has 0 aliphatic carbocycles. The highest BCUT2D eigenvalue weighted by Crippen LogP contribution is 2.28. The summed E-state index contributed by atoms with van der Waals surface area (Å²) < 4.78 is 0. The summed E-state index contributed by atoms with van der Waals surface area (Å²) >= 11 is 5.90. The first-order valence-corrected chi connectivity index (χ1v) is 8.40. The van der Waals surface area contributed by atoms with E-state index < -0.39 is 0 Å². The summed E-state index contributed by atoms with van der Waals surface area (Å²) in [5.41, 5.74) is 1.64. The highest BCUT2D eigenvalue weighted by atomic mass is 35.5. The Labute approximate surface area is 146 Å². The Morgan fingerprint density at radius 3 is 2.46 bits per heavy atom. The van der Waals surface area contributed by atoms with Crippen molar-refractivity contribution < 1.29 is 9.59 Å². The van der Waals surface area contributed by atoms with E-state index in [1.165, 1.54) is 0 Å². The third-order valence-corrected chi connectivity index (χ3v) is 4.51. The van der Waals surface area contributed by atoms with Crippen LogP contribution >= 0.6 is 11.6 Å². The molecule has 0 bridgehead atoms. The van der Waals surface area contributed by atoms with Crippen LogP contribution in [0.25, 0.3) is 0 Å². The van der Waals surface area contributed by atoms with E-state index in [9.17, 15) is 9.59 Å². The molecule has 4 nitrogen and oxygen atoms in total. The van der Waals surface area contributed by atoms with Crippen LogP contribution in [0.4, 0.5) is 11.4 Å². The summed E-state index contributed by atoms with van der Waals surface area (Å²) in [5.74, 6) is -0.360. The summed E-state index contributed by atoms with van der Waals surface area (Å²) in [6.45, 7) is 2.93. The van der Waals surface area contributed by atoms with E-state index in [2.05, 4.69) is 0 Å². The molecule has 0 spiro atoms. The van der Waals surface area contributed by atoms with Crippen molar-refractivity contribution in [2.24, 2.45) is 5.92 Å². The van der Waals surface area contributed by atoms with Crippen LogP contribution in [0.15, 0.2) is 54.6 Å². The zero-order valence-electron chi connectivity index (χ0n) is 13.5. The van der Waals surface area contributed by atoms with Crippen molar-refractivity contribution in [1.82, 2.24) is 0 Å². The first-order valence-electron chi connectivity index (χ1n) is 8.02. The predicted octanol–water partition coefficient (Wildman–Crippen LogP) is 3.75. The third-order valence-electron chi connectivity index (χ3n) is 4.26. The molecular formula is C19H19ClN2O2. The van der Waals surface area contributed by atoms with Gasteiger partial charge in [-0.05, 0) is 43.3 Å². The maximum atomic E-state index is 12.9. The fraction of sp³-hybridized carbons (Fsp3) is 0.263. The lowest BCUT2D eigenvalue weighted by molar-refractivity contribution is -0.124. The fourth-order valence-electron chi connectivity index (χ4n) is 3.04. The molecule has 2 aromatic carbocycles. The predicted molar refractivity (Wildman–Crippen MR) is 96.4 cm³/mol. The monoisotopic (exact) mass is 342 g/mol.